The number of amides is 1. The minimum absolute atomic E-state index is 0.150. The van der Waals surface area contributed by atoms with Gasteiger partial charge >= 0.3 is 5.97 Å². The Morgan fingerprint density at radius 2 is 2.00 bits per heavy atom. The number of carbonyl (C=O) groups excluding carboxylic acids is 1. The highest BCUT2D eigenvalue weighted by Gasteiger charge is 2.20. The second-order valence-electron chi connectivity index (χ2n) is 5.83. The minimum atomic E-state index is -0.878. The van der Waals surface area contributed by atoms with Crippen LogP contribution in [-0.2, 0) is 16.0 Å². The van der Waals surface area contributed by atoms with E-state index < -0.39 is 11.9 Å². The number of carboxylic acid groups (broad SMARTS) is 1. The average molecular weight is 307 g/mol. The van der Waals surface area contributed by atoms with Gasteiger partial charge in [-0.05, 0) is 30.0 Å². The lowest BCUT2D eigenvalue weighted by atomic mass is 9.97. The van der Waals surface area contributed by atoms with Crippen LogP contribution < -0.4 is 14.8 Å². The van der Waals surface area contributed by atoms with Crippen LogP contribution in [0.25, 0.3) is 0 Å². The zero-order valence-electron chi connectivity index (χ0n) is 12.8. The van der Waals surface area contributed by atoms with Crippen molar-refractivity contribution in [3.8, 4) is 11.5 Å². The average Bonchev–Trinajstić information content (AvgIpc) is 2.90. The third kappa shape index (κ3) is 4.38. The lowest BCUT2D eigenvalue weighted by Gasteiger charge is -2.15. The Balaban J connectivity index is 1.86. The van der Waals surface area contributed by atoms with E-state index in [-0.39, 0.29) is 31.6 Å². The van der Waals surface area contributed by atoms with Crippen molar-refractivity contribution in [2.45, 2.75) is 26.7 Å². The molecule has 0 saturated heterocycles. The summed E-state index contributed by atoms with van der Waals surface area (Å²) in [4.78, 5) is 23.1. The number of carbonyl (C=O) groups is 2. The van der Waals surface area contributed by atoms with E-state index >= 15 is 0 Å². The van der Waals surface area contributed by atoms with Crippen molar-refractivity contribution in [1.82, 2.24) is 5.32 Å². The summed E-state index contributed by atoms with van der Waals surface area (Å²) in [6, 6.07) is 5.34. The van der Waals surface area contributed by atoms with E-state index in [1.54, 1.807) is 18.2 Å². The molecule has 0 saturated carbocycles. The van der Waals surface area contributed by atoms with Crippen LogP contribution in [0.3, 0.4) is 0 Å². The van der Waals surface area contributed by atoms with E-state index in [0.717, 1.165) is 5.56 Å². The lowest BCUT2D eigenvalue weighted by Crippen LogP contribution is -2.34. The molecule has 1 aliphatic rings. The molecule has 0 spiro atoms. The third-order valence-corrected chi connectivity index (χ3v) is 3.45. The van der Waals surface area contributed by atoms with Crippen LogP contribution in [-0.4, -0.2) is 30.3 Å². The molecule has 1 aromatic carbocycles. The largest absolute Gasteiger partial charge is 0.481 e. The number of aliphatic carboxylic acids is 1. The van der Waals surface area contributed by atoms with E-state index in [9.17, 15) is 9.59 Å². The van der Waals surface area contributed by atoms with Gasteiger partial charge in [0.25, 0.3) is 0 Å². The summed E-state index contributed by atoms with van der Waals surface area (Å²) in [7, 11) is 0. The van der Waals surface area contributed by atoms with Crippen LogP contribution in [0.15, 0.2) is 18.2 Å². The van der Waals surface area contributed by atoms with Gasteiger partial charge in [-0.15, -0.1) is 0 Å². The summed E-state index contributed by atoms with van der Waals surface area (Å²) in [6.45, 7) is 4.27. The molecule has 1 amide bonds. The SMILES string of the molecule is CC(C)CC(CNC(=O)Cc1ccc2c(c1)OCO2)C(=O)O. The van der Waals surface area contributed by atoms with Crippen LogP contribution in [0.1, 0.15) is 25.8 Å². The predicted molar refractivity (Wildman–Crippen MR) is 79.9 cm³/mol. The number of ether oxygens (including phenoxy) is 2. The predicted octanol–water partition coefficient (Wildman–Crippen LogP) is 1.82. The summed E-state index contributed by atoms with van der Waals surface area (Å²) in [6.07, 6.45) is 0.726. The smallest absolute Gasteiger partial charge is 0.308 e. The van der Waals surface area contributed by atoms with Gasteiger partial charge in [-0.3, -0.25) is 9.59 Å². The standard InChI is InChI=1S/C16H21NO5/c1-10(2)5-12(16(19)20)8-17-15(18)7-11-3-4-13-14(6-11)22-9-21-13/h3-4,6,10,12H,5,7-9H2,1-2H3,(H,17,18)(H,19,20). The molecule has 1 unspecified atom stereocenters. The van der Waals surface area contributed by atoms with Gasteiger partial charge in [0.05, 0.1) is 12.3 Å². The first kappa shape index (κ1) is 16.1. The van der Waals surface area contributed by atoms with Gasteiger partial charge in [0, 0.05) is 6.54 Å². The molecule has 6 heteroatoms. The van der Waals surface area contributed by atoms with Crippen LogP contribution in [0, 0.1) is 11.8 Å². The highest BCUT2D eigenvalue weighted by atomic mass is 16.7. The van der Waals surface area contributed by atoms with E-state index in [1.165, 1.54) is 0 Å². The van der Waals surface area contributed by atoms with Crippen LogP contribution in [0.5, 0.6) is 11.5 Å². The Labute approximate surface area is 129 Å². The van der Waals surface area contributed by atoms with E-state index in [4.69, 9.17) is 14.6 Å². The Bertz CT molecular complexity index is 555. The third-order valence-electron chi connectivity index (χ3n) is 3.45. The second-order valence-corrected chi connectivity index (χ2v) is 5.83. The van der Waals surface area contributed by atoms with Gasteiger partial charge in [0.1, 0.15) is 0 Å². The maximum absolute atomic E-state index is 11.9. The second kappa shape index (κ2) is 7.15. The first-order valence-electron chi connectivity index (χ1n) is 7.33. The first-order valence-corrected chi connectivity index (χ1v) is 7.33. The van der Waals surface area contributed by atoms with Crippen molar-refractivity contribution in [2.75, 3.05) is 13.3 Å². The summed E-state index contributed by atoms with van der Waals surface area (Å²) in [5.74, 6) is -0.0564. The van der Waals surface area contributed by atoms with Gasteiger partial charge in [-0.1, -0.05) is 19.9 Å². The molecule has 2 N–H and O–H groups in total. The zero-order chi connectivity index (χ0) is 16.1. The number of benzene rings is 1. The molecule has 22 heavy (non-hydrogen) atoms. The van der Waals surface area contributed by atoms with Crippen molar-refractivity contribution in [2.24, 2.45) is 11.8 Å². The molecule has 1 aromatic rings. The number of hydrogen-bond donors (Lipinski definition) is 2. The van der Waals surface area contributed by atoms with Gasteiger partial charge in [0.2, 0.25) is 12.7 Å². The fourth-order valence-corrected chi connectivity index (χ4v) is 2.38. The molecule has 120 valence electrons. The highest BCUT2D eigenvalue weighted by Crippen LogP contribution is 2.32. The number of fused-ring (bicyclic) bond motifs is 1. The summed E-state index contributed by atoms with van der Waals surface area (Å²) in [5.41, 5.74) is 0.803. The van der Waals surface area contributed by atoms with Crippen molar-refractivity contribution in [1.29, 1.82) is 0 Å². The van der Waals surface area contributed by atoms with Crippen molar-refractivity contribution in [3.63, 3.8) is 0 Å². The topological polar surface area (TPSA) is 84.9 Å². The van der Waals surface area contributed by atoms with Gasteiger partial charge in [0.15, 0.2) is 11.5 Å². The fraction of sp³-hybridized carbons (Fsp3) is 0.500. The number of nitrogens with one attached hydrogen (secondary N) is 1. The molecule has 0 radical (unpaired) electrons. The van der Waals surface area contributed by atoms with E-state index in [2.05, 4.69) is 5.32 Å². The maximum atomic E-state index is 11.9. The molecule has 1 aliphatic heterocycles. The van der Waals surface area contributed by atoms with Crippen LogP contribution in [0.2, 0.25) is 0 Å². The summed E-state index contributed by atoms with van der Waals surface area (Å²) < 4.78 is 10.5. The van der Waals surface area contributed by atoms with Crippen molar-refractivity contribution >= 4 is 11.9 Å². The van der Waals surface area contributed by atoms with Gasteiger partial charge in [-0.2, -0.15) is 0 Å². The van der Waals surface area contributed by atoms with Crippen molar-refractivity contribution in [3.05, 3.63) is 23.8 Å². The molecular formula is C16H21NO5. The molecular weight excluding hydrogens is 286 g/mol. The van der Waals surface area contributed by atoms with Crippen LogP contribution in [0.4, 0.5) is 0 Å². The zero-order valence-corrected chi connectivity index (χ0v) is 12.8. The van der Waals surface area contributed by atoms with Crippen LogP contribution >= 0.6 is 0 Å². The lowest BCUT2D eigenvalue weighted by molar-refractivity contribution is -0.142. The molecule has 6 nitrogen and oxygen atoms in total. The minimum Gasteiger partial charge on any atom is -0.481 e. The molecule has 1 heterocycles. The monoisotopic (exact) mass is 307 g/mol. The molecule has 1 atom stereocenters. The van der Waals surface area contributed by atoms with Gasteiger partial charge < -0.3 is 19.9 Å². The van der Waals surface area contributed by atoms with E-state index in [1.807, 2.05) is 13.8 Å². The normalized spacial score (nSPS) is 14.0. The van der Waals surface area contributed by atoms with Gasteiger partial charge in [-0.25, -0.2) is 0 Å². The number of rotatable bonds is 7. The quantitative estimate of drug-likeness (QED) is 0.802. The highest BCUT2D eigenvalue weighted by molar-refractivity contribution is 5.79. The fourth-order valence-electron chi connectivity index (χ4n) is 2.38. The Hall–Kier alpha value is -2.24. The maximum Gasteiger partial charge on any atom is 0.308 e. The molecule has 0 bridgehead atoms. The summed E-state index contributed by atoms with van der Waals surface area (Å²) in [5, 5.41) is 11.8. The molecule has 0 fully saturated rings. The van der Waals surface area contributed by atoms with E-state index in [0.29, 0.717) is 17.9 Å². The Kier molecular flexibility index (Phi) is 5.25. The Morgan fingerprint density at radius 1 is 1.27 bits per heavy atom. The molecule has 2 rings (SSSR count). The summed E-state index contributed by atoms with van der Waals surface area (Å²) >= 11 is 0. The number of hydrogen-bond acceptors (Lipinski definition) is 4. The number of carboxylic acids is 1. The first-order chi connectivity index (χ1) is 10.5. The molecule has 0 aromatic heterocycles. The molecule has 0 aliphatic carbocycles. The Morgan fingerprint density at radius 3 is 2.68 bits per heavy atom. The van der Waals surface area contributed by atoms with Crippen molar-refractivity contribution < 1.29 is 24.2 Å².